The standard InChI is InChI=1S/C32H37N3O2/c1-4-5-17-35-28(19-33-32(35)27-12-7-6-8-13-27)22-34(20-25(3)29-14-10-9-11-24(29)2)21-26-15-16-30-31(18-26)37-23-36-30/h6-16,18-19,25H,4-5,17,20-23H2,1-3H3. The Morgan fingerprint density at radius 3 is 2.54 bits per heavy atom. The summed E-state index contributed by atoms with van der Waals surface area (Å²) in [6.45, 7) is 10.7. The van der Waals surface area contributed by atoms with Gasteiger partial charge >= 0.3 is 0 Å². The molecule has 0 fully saturated rings. The third-order valence-corrected chi connectivity index (χ3v) is 7.19. The minimum Gasteiger partial charge on any atom is -0.454 e. The van der Waals surface area contributed by atoms with Crippen molar-refractivity contribution in [1.82, 2.24) is 14.5 Å². The number of fused-ring (bicyclic) bond motifs is 1. The van der Waals surface area contributed by atoms with Gasteiger partial charge in [-0.3, -0.25) is 4.90 Å². The lowest BCUT2D eigenvalue weighted by Crippen LogP contribution is -2.28. The summed E-state index contributed by atoms with van der Waals surface area (Å²) in [7, 11) is 0. The molecule has 5 rings (SSSR count). The molecule has 1 aliphatic rings. The molecule has 0 spiro atoms. The van der Waals surface area contributed by atoms with E-state index in [0.29, 0.717) is 12.7 Å². The highest BCUT2D eigenvalue weighted by molar-refractivity contribution is 5.56. The minimum atomic E-state index is 0.297. The van der Waals surface area contributed by atoms with Crippen molar-refractivity contribution in [2.24, 2.45) is 0 Å². The van der Waals surface area contributed by atoms with Gasteiger partial charge in [-0.15, -0.1) is 0 Å². The molecule has 0 amide bonds. The van der Waals surface area contributed by atoms with Gasteiger partial charge in [0.25, 0.3) is 0 Å². The van der Waals surface area contributed by atoms with Gasteiger partial charge in [-0.25, -0.2) is 4.98 Å². The molecule has 1 atom stereocenters. The first-order chi connectivity index (χ1) is 18.1. The highest BCUT2D eigenvalue weighted by Gasteiger charge is 2.20. The van der Waals surface area contributed by atoms with Gasteiger partial charge in [-0.1, -0.05) is 80.9 Å². The molecular formula is C32H37N3O2. The summed E-state index contributed by atoms with van der Waals surface area (Å²) in [4.78, 5) is 7.44. The van der Waals surface area contributed by atoms with E-state index >= 15 is 0 Å². The van der Waals surface area contributed by atoms with Crippen LogP contribution in [0.15, 0.2) is 79.0 Å². The smallest absolute Gasteiger partial charge is 0.231 e. The first-order valence-electron chi connectivity index (χ1n) is 13.4. The second-order valence-electron chi connectivity index (χ2n) is 10.1. The Balaban J connectivity index is 1.44. The molecule has 0 aliphatic carbocycles. The first-order valence-corrected chi connectivity index (χ1v) is 13.4. The van der Waals surface area contributed by atoms with Crippen LogP contribution in [0.25, 0.3) is 11.4 Å². The highest BCUT2D eigenvalue weighted by Crippen LogP contribution is 2.33. The lowest BCUT2D eigenvalue weighted by molar-refractivity contribution is 0.174. The van der Waals surface area contributed by atoms with E-state index in [2.05, 4.69) is 103 Å². The fourth-order valence-corrected chi connectivity index (χ4v) is 5.26. The summed E-state index contributed by atoms with van der Waals surface area (Å²) in [6, 6.07) is 25.6. The SMILES string of the molecule is CCCCn1c(CN(Cc2ccc3c(c2)OCO3)CC(C)c2ccccc2C)cnc1-c1ccccc1. The maximum Gasteiger partial charge on any atom is 0.231 e. The number of imidazole rings is 1. The van der Waals surface area contributed by atoms with Gasteiger partial charge in [0.1, 0.15) is 5.82 Å². The topological polar surface area (TPSA) is 39.5 Å². The Bertz CT molecular complexity index is 1310. The van der Waals surface area contributed by atoms with E-state index in [1.807, 2.05) is 6.07 Å². The number of unbranched alkanes of at least 4 members (excludes halogenated alkanes) is 1. The average molecular weight is 496 g/mol. The molecule has 5 nitrogen and oxygen atoms in total. The number of benzene rings is 3. The van der Waals surface area contributed by atoms with Crippen molar-refractivity contribution >= 4 is 0 Å². The maximum absolute atomic E-state index is 5.67. The van der Waals surface area contributed by atoms with E-state index in [1.54, 1.807) is 0 Å². The molecule has 5 heteroatoms. The Morgan fingerprint density at radius 1 is 0.946 bits per heavy atom. The maximum atomic E-state index is 5.67. The van der Waals surface area contributed by atoms with Crippen LogP contribution in [0, 0.1) is 6.92 Å². The number of hydrogen-bond donors (Lipinski definition) is 0. The Labute approximate surface area is 220 Å². The molecule has 0 radical (unpaired) electrons. The van der Waals surface area contributed by atoms with Crippen LogP contribution < -0.4 is 9.47 Å². The van der Waals surface area contributed by atoms with Gasteiger partial charge in [-0.2, -0.15) is 0 Å². The number of ether oxygens (including phenoxy) is 2. The number of aryl methyl sites for hydroxylation is 1. The van der Waals surface area contributed by atoms with Crippen LogP contribution in [0.3, 0.4) is 0 Å². The van der Waals surface area contributed by atoms with Crippen LogP contribution in [0.4, 0.5) is 0 Å². The lowest BCUT2D eigenvalue weighted by atomic mass is 9.96. The van der Waals surface area contributed by atoms with E-state index in [-0.39, 0.29) is 0 Å². The normalized spacial score (nSPS) is 13.3. The monoisotopic (exact) mass is 495 g/mol. The van der Waals surface area contributed by atoms with Crippen molar-refractivity contribution in [1.29, 1.82) is 0 Å². The van der Waals surface area contributed by atoms with E-state index < -0.39 is 0 Å². The summed E-state index contributed by atoms with van der Waals surface area (Å²) in [5, 5.41) is 0. The third kappa shape index (κ3) is 5.89. The molecule has 0 saturated carbocycles. The average Bonchev–Trinajstić information content (AvgIpc) is 3.54. The molecule has 192 valence electrons. The Hall–Kier alpha value is -3.57. The van der Waals surface area contributed by atoms with Crippen LogP contribution in [0.1, 0.15) is 55.0 Å². The van der Waals surface area contributed by atoms with Crippen molar-refractivity contribution in [2.75, 3.05) is 13.3 Å². The predicted octanol–water partition coefficient (Wildman–Crippen LogP) is 7.19. The van der Waals surface area contributed by atoms with Gasteiger partial charge in [0.2, 0.25) is 6.79 Å². The zero-order valence-electron chi connectivity index (χ0n) is 22.2. The largest absolute Gasteiger partial charge is 0.454 e. The van der Waals surface area contributed by atoms with Gasteiger partial charge in [0, 0.05) is 31.7 Å². The lowest BCUT2D eigenvalue weighted by Gasteiger charge is -2.27. The molecular weight excluding hydrogens is 458 g/mol. The first kappa shape index (κ1) is 25.1. The summed E-state index contributed by atoms with van der Waals surface area (Å²) >= 11 is 0. The van der Waals surface area contributed by atoms with Crippen LogP contribution in [0.5, 0.6) is 11.5 Å². The van der Waals surface area contributed by atoms with Gasteiger partial charge in [0.15, 0.2) is 11.5 Å². The highest BCUT2D eigenvalue weighted by atomic mass is 16.7. The van der Waals surface area contributed by atoms with Crippen molar-refractivity contribution < 1.29 is 9.47 Å². The second kappa shape index (κ2) is 11.7. The Kier molecular flexibility index (Phi) is 7.90. The van der Waals surface area contributed by atoms with Crippen molar-refractivity contribution in [3.05, 3.63) is 101 Å². The number of hydrogen-bond acceptors (Lipinski definition) is 4. The van der Waals surface area contributed by atoms with Crippen molar-refractivity contribution in [2.45, 2.75) is 59.2 Å². The molecule has 0 bridgehead atoms. The second-order valence-corrected chi connectivity index (χ2v) is 10.1. The zero-order chi connectivity index (χ0) is 25.6. The van der Waals surface area contributed by atoms with E-state index in [1.165, 1.54) is 27.9 Å². The van der Waals surface area contributed by atoms with Gasteiger partial charge in [-0.05, 0) is 48.1 Å². The van der Waals surface area contributed by atoms with Crippen LogP contribution in [-0.2, 0) is 19.6 Å². The summed E-state index contributed by atoms with van der Waals surface area (Å²) < 4.78 is 13.6. The van der Waals surface area contributed by atoms with Crippen molar-refractivity contribution in [3.63, 3.8) is 0 Å². The zero-order valence-corrected chi connectivity index (χ0v) is 22.2. The molecule has 1 aliphatic heterocycles. The van der Waals surface area contributed by atoms with Crippen LogP contribution in [0.2, 0.25) is 0 Å². The van der Waals surface area contributed by atoms with Gasteiger partial charge < -0.3 is 14.0 Å². The Morgan fingerprint density at radius 2 is 1.73 bits per heavy atom. The molecule has 1 unspecified atom stereocenters. The number of aromatic nitrogens is 2. The van der Waals surface area contributed by atoms with Crippen LogP contribution >= 0.6 is 0 Å². The summed E-state index contributed by atoms with van der Waals surface area (Å²) in [6.07, 6.45) is 4.35. The molecule has 1 aromatic heterocycles. The molecule has 4 aromatic rings. The number of rotatable bonds is 11. The molecule has 37 heavy (non-hydrogen) atoms. The fourth-order valence-electron chi connectivity index (χ4n) is 5.26. The summed E-state index contributed by atoms with van der Waals surface area (Å²) in [5.74, 6) is 3.12. The predicted molar refractivity (Wildman–Crippen MR) is 149 cm³/mol. The third-order valence-electron chi connectivity index (χ3n) is 7.19. The summed E-state index contributed by atoms with van der Waals surface area (Å²) in [5.41, 5.74) is 6.40. The number of nitrogens with zero attached hydrogens (tertiary/aromatic N) is 3. The van der Waals surface area contributed by atoms with E-state index in [0.717, 1.165) is 56.3 Å². The van der Waals surface area contributed by atoms with E-state index in [4.69, 9.17) is 14.5 Å². The van der Waals surface area contributed by atoms with Crippen LogP contribution in [-0.4, -0.2) is 27.8 Å². The molecule has 0 N–H and O–H groups in total. The quantitative estimate of drug-likeness (QED) is 0.221. The van der Waals surface area contributed by atoms with Gasteiger partial charge in [0.05, 0.1) is 11.9 Å². The minimum absolute atomic E-state index is 0.297. The van der Waals surface area contributed by atoms with E-state index in [9.17, 15) is 0 Å². The van der Waals surface area contributed by atoms with Crippen molar-refractivity contribution in [3.8, 4) is 22.9 Å². The fraction of sp³-hybridized carbons (Fsp3) is 0.344. The molecule has 3 aromatic carbocycles. The molecule has 2 heterocycles. The molecule has 0 saturated heterocycles.